The maximum Gasteiger partial charge on any atom is 0.160 e. The summed E-state index contributed by atoms with van der Waals surface area (Å²) in [6, 6.07) is 4.86. The molecule has 0 amide bonds. The van der Waals surface area contributed by atoms with Gasteiger partial charge in [0.05, 0.1) is 8.41 Å². The molecule has 0 spiro atoms. The predicted molar refractivity (Wildman–Crippen MR) is 44.4 cm³/mol. The highest BCUT2D eigenvalue weighted by atomic mass is 16.3. The van der Waals surface area contributed by atoms with E-state index >= 15 is 0 Å². The molecule has 1 rings (SSSR count). The Hall–Kier alpha value is -1.12. The zero-order valence-corrected chi connectivity index (χ0v) is 5.13. The fraction of sp³-hybridized carbons (Fsp3) is 0.143. The third-order valence-corrected chi connectivity index (χ3v) is 1.22. The molecule has 3 heteroatoms. The average molecular weight is 138 g/mol. The van der Waals surface area contributed by atoms with Crippen molar-refractivity contribution in [1.82, 2.24) is 0 Å². The number of para-hydroxylation sites is 1. The summed E-state index contributed by atoms with van der Waals surface area (Å²) in [5, 5.41) is 17.8. The fourth-order valence-corrected chi connectivity index (χ4v) is 0.643. The van der Waals surface area contributed by atoms with E-state index in [4.69, 9.17) is 10.2 Å². The van der Waals surface area contributed by atoms with Crippen LogP contribution in [0.5, 0.6) is 11.5 Å². The van der Waals surface area contributed by atoms with E-state index in [1.165, 1.54) is 6.07 Å². The van der Waals surface area contributed by atoms with Gasteiger partial charge in [-0.2, -0.15) is 0 Å². The SMILES string of the molecule is B.Cc1cccc(O)c1O. The van der Waals surface area contributed by atoms with Gasteiger partial charge in [0, 0.05) is 0 Å². The summed E-state index contributed by atoms with van der Waals surface area (Å²) in [7, 11) is 0. The summed E-state index contributed by atoms with van der Waals surface area (Å²) in [4.78, 5) is 0. The van der Waals surface area contributed by atoms with E-state index in [9.17, 15) is 0 Å². The number of hydrogen-bond donors (Lipinski definition) is 2. The van der Waals surface area contributed by atoms with E-state index in [0.717, 1.165) is 0 Å². The standard InChI is InChI=1S/C7H8O2.BH3/c1-5-3-2-4-6(8)7(5)9;/h2-4,8-9H,1H3;1H3. The number of benzene rings is 1. The summed E-state index contributed by atoms with van der Waals surface area (Å²) in [6.07, 6.45) is 0. The molecule has 0 fully saturated rings. The van der Waals surface area contributed by atoms with Crippen molar-refractivity contribution in [2.45, 2.75) is 6.92 Å². The summed E-state index contributed by atoms with van der Waals surface area (Å²) >= 11 is 0. The Labute approximate surface area is 61.7 Å². The quantitative estimate of drug-likeness (QED) is 0.397. The predicted octanol–water partition coefficient (Wildman–Crippen LogP) is 0.222. The number of phenolic OH excluding ortho intramolecular Hbond substituents is 2. The lowest BCUT2D eigenvalue weighted by Gasteiger charge is -1.97. The molecule has 0 atom stereocenters. The molecule has 1 aromatic carbocycles. The first-order valence-electron chi connectivity index (χ1n) is 2.69. The lowest BCUT2D eigenvalue weighted by atomic mass is 10.2. The van der Waals surface area contributed by atoms with Crippen LogP contribution in [0.15, 0.2) is 18.2 Å². The highest BCUT2D eigenvalue weighted by Crippen LogP contribution is 2.26. The minimum absolute atomic E-state index is 0. The van der Waals surface area contributed by atoms with Crippen molar-refractivity contribution >= 4 is 8.41 Å². The first kappa shape index (κ1) is 8.88. The molecule has 0 saturated carbocycles. The highest BCUT2D eigenvalue weighted by Gasteiger charge is 1.98. The van der Waals surface area contributed by atoms with E-state index in [1.54, 1.807) is 19.1 Å². The molecule has 10 heavy (non-hydrogen) atoms. The van der Waals surface area contributed by atoms with E-state index in [2.05, 4.69) is 0 Å². The molecule has 54 valence electrons. The van der Waals surface area contributed by atoms with Crippen LogP contribution in [0.2, 0.25) is 0 Å². The number of aryl methyl sites for hydroxylation is 1. The summed E-state index contributed by atoms with van der Waals surface area (Å²) in [5.41, 5.74) is 0.690. The molecule has 2 N–H and O–H groups in total. The number of hydrogen-bond acceptors (Lipinski definition) is 2. The second kappa shape index (κ2) is 3.15. The Morgan fingerprint density at radius 1 is 1.20 bits per heavy atom. The molecule has 0 aliphatic heterocycles. The number of aromatic hydroxyl groups is 2. The van der Waals surface area contributed by atoms with Crippen LogP contribution < -0.4 is 0 Å². The molecule has 0 bridgehead atoms. The van der Waals surface area contributed by atoms with Gasteiger partial charge in [-0.1, -0.05) is 12.1 Å². The Bertz CT molecular complexity index is 203. The van der Waals surface area contributed by atoms with Crippen molar-refractivity contribution < 1.29 is 10.2 Å². The van der Waals surface area contributed by atoms with Crippen LogP contribution in [0.4, 0.5) is 0 Å². The average Bonchev–Trinajstić information content (AvgIpc) is 1.83. The van der Waals surface area contributed by atoms with Gasteiger partial charge in [0.15, 0.2) is 11.5 Å². The molecular weight excluding hydrogens is 127 g/mol. The van der Waals surface area contributed by atoms with Crippen LogP contribution in [-0.2, 0) is 0 Å². The van der Waals surface area contributed by atoms with Crippen LogP contribution in [0.25, 0.3) is 0 Å². The maximum absolute atomic E-state index is 8.96. The minimum Gasteiger partial charge on any atom is -0.504 e. The van der Waals surface area contributed by atoms with Crippen LogP contribution in [0, 0.1) is 6.92 Å². The number of rotatable bonds is 0. The lowest BCUT2D eigenvalue weighted by molar-refractivity contribution is 0.401. The third-order valence-electron chi connectivity index (χ3n) is 1.22. The normalized spacial score (nSPS) is 8.50. The Morgan fingerprint density at radius 3 is 2.20 bits per heavy atom. The van der Waals surface area contributed by atoms with Gasteiger partial charge in [-0.25, -0.2) is 0 Å². The molecule has 0 saturated heterocycles. The third kappa shape index (κ3) is 1.44. The molecule has 0 radical (unpaired) electrons. The summed E-state index contributed by atoms with van der Waals surface area (Å²) in [6.45, 7) is 1.73. The van der Waals surface area contributed by atoms with Gasteiger partial charge in [0.1, 0.15) is 0 Å². The molecule has 2 nitrogen and oxygen atoms in total. The molecule has 0 unspecified atom stereocenters. The molecule has 0 aliphatic rings. The number of phenols is 2. The van der Waals surface area contributed by atoms with Crippen molar-refractivity contribution in [2.24, 2.45) is 0 Å². The zero-order valence-electron chi connectivity index (χ0n) is 5.13. The van der Waals surface area contributed by atoms with E-state index in [-0.39, 0.29) is 19.9 Å². The van der Waals surface area contributed by atoms with Gasteiger partial charge in [0.2, 0.25) is 0 Å². The van der Waals surface area contributed by atoms with Gasteiger partial charge >= 0.3 is 0 Å². The van der Waals surface area contributed by atoms with Crippen molar-refractivity contribution in [3.8, 4) is 11.5 Å². The summed E-state index contributed by atoms with van der Waals surface area (Å²) < 4.78 is 0. The molecule has 1 aromatic rings. The molecule has 0 aliphatic carbocycles. The van der Waals surface area contributed by atoms with Gasteiger partial charge in [-0.15, -0.1) is 0 Å². The summed E-state index contributed by atoms with van der Waals surface area (Å²) in [5.74, 6) is -0.0903. The Balaban J connectivity index is 0.000000810. The second-order valence-corrected chi connectivity index (χ2v) is 1.94. The van der Waals surface area contributed by atoms with Crippen LogP contribution in [-0.4, -0.2) is 18.6 Å². The second-order valence-electron chi connectivity index (χ2n) is 1.94. The monoisotopic (exact) mass is 138 g/mol. The molecule has 0 heterocycles. The van der Waals surface area contributed by atoms with Crippen LogP contribution >= 0.6 is 0 Å². The van der Waals surface area contributed by atoms with Crippen molar-refractivity contribution in [3.63, 3.8) is 0 Å². The first-order valence-corrected chi connectivity index (χ1v) is 2.69. The zero-order chi connectivity index (χ0) is 6.85. The van der Waals surface area contributed by atoms with Gasteiger partial charge in [0.25, 0.3) is 0 Å². The van der Waals surface area contributed by atoms with Crippen molar-refractivity contribution in [1.29, 1.82) is 0 Å². The van der Waals surface area contributed by atoms with Crippen LogP contribution in [0.3, 0.4) is 0 Å². The van der Waals surface area contributed by atoms with Gasteiger partial charge in [-0.3, -0.25) is 0 Å². The Morgan fingerprint density at radius 2 is 1.80 bits per heavy atom. The first-order chi connectivity index (χ1) is 4.22. The largest absolute Gasteiger partial charge is 0.504 e. The van der Waals surface area contributed by atoms with Crippen molar-refractivity contribution in [2.75, 3.05) is 0 Å². The smallest absolute Gasteiger partial charge is 0.160 e. The van der Waals surface area contributed by atoms with Crippen molar-refractivity contribution in [3.05, 3.63) is 23.8 Å². The topological polar surface area (TPSA) is 40.5 Å². The lowest BCUT2D eigenvalue weighted by Crippen LogP contribution is -1.72. The molecular formula is C7H11BO2. The van der Waals surface area contributed by atoms with Gasteiger partial charge in [-0.05, 0) is 18.6 Å². The van der Waals surface area contributed by atoms with Crippen LogP contribution in [0.1, 0.15) is 5.56 Å². The fourth-order valence-electron chi connectivity index (χ4n) is 0.643. The van der Waals surface area contributed by atoms with E-state index in [1.807, 2.05) is 0 Å². The van der Waals surface area contributed by atoms with E-state index < -0.39 is 0 Å². The van der Waals surface area contributed by atoms with E-state index in [0.29, 0.717) is 5.56 Å². The Kier molecular flexibility index (Phi) is 2.80. The minimum atomic E-state index is -0.0602. The van der Waals surface area contributed by atoms with Gasteiger partial charge < -0.3 is 10.2 Å². The maximum atomic E-state index is 8.96. The highest BCUT2D eigenvalue weighted by molar-refractivity contribution is 5.75. The molecule has 0 aromatic heterocycles.